The summed E-state index contributed by atoms with van der Waals surface area (Å²) in [4.78, 5) is 14.2. The van der Waals surface area contributed by atoms with Gasteiger partial charge in [0.25, 0.3) is 5.56 Å². The molecule has 2 aliphatic rings. The topological polar surface area (TPSA) is 38.1 Å². The van der Waals surface area contributed by atoms with Crippen LogP contribution >= 0.6 is 0 Å². The van der Waals surface area contributed by atoms with Gasteiger partial charge < -0.3 is 4.90 Å². The van der Waals surface area contributed by atoms with E-state index in [-0.39, 0.29) is 5.56 Å². The van der Waals surface area contributed by atoms with Crippen LogP contribution in [0.2, 0.25) is 0 Å². The molecular weight excluding hydrogens is 226 g/mol. The second kappa shape index (κ2) is 4.84. The largest absolute Gasteiger partial charge is 0.302 e. The molecule has 3 rings (SSSR count). The molecule has 1 aliphatic carbocycles. The van der Waals surface area contributed by atoms with E-state index in [0.717, 1.165) is 31.2 Å². The average molecular weight is 247 g/mol. The summed E-state index contributed by atoms with van der Waals surface area (Å²) in [6.45, 7) is 6.26. The van der Waals surface area contributed by atoms with Crippen molar-refractivity contribution in [3.63, 3.8) is 0 Å². The minimum Gasteiger partial charge on any atom is -0.302 e. The standard InChI is InChI=1S/C14H21N3O/c1-11-5-6-14(18)17(15-11)10-13-8-16(9-13)7-12-3-2-4-12/h5-6,12-13H,2-4,7-10H2,1H3. The highest BCUT2D eigenvalue weighted by atomic mass is 16.1. The van der Waals surface area contributed by atoms with Gasteiger partial charge in [0.05, 0.1) is 12.2 Å². The monoisotopic (exact) mass is 247 g/mol. The molecule has 0 unspecified atom stereocenters. The Labute approximate surface area is 108 Å². The van der Waals surface area contributed by atoms with Crippen LogP contribution in [-0.2, 0) is 6.54 Å². The van der Waals surface area contributed by atoms with Crippen molar-refractivity contribution < 1.29 is 0 Å². The molecule has 0 N–H and O–H groups in total. The molecule has 0 amide bonds. The molecule has 0 spiro atoms. The highest BCUT2D eigenvalue weighted by Crippen LogP contribution is 2.29. The minimum atomic E-state index is 0.0260. The number of aromatic nitrogens is 2. The molecule has 0 atom stereocenters. The van der Waals surface area contributed by atoms with E-state index in [9.17, 15) is 4.79 Å². The number of hydrogen-bond donors (Lipinski definition) is 0. The first-order chi connectivity index (χ1) is 8.70. The molecule has 0 radical (unpaired) electrons. The van der Waals surface area contributed by atoms with E-state index in [4.69, 9.17) is 0 Å². The molecule has 1 aliphatic heterocycles. The van der Waals surface area contributed by atoms with E-state index in [2.05, 4.69) is 10.00 Å². The van der Waals surface area contributed by atoms with Crippen LogP contribution < -0.4 is 5.56 Å². The van der Waals surface area contributed by atoms with Crippen molar-refractivity contribution >= 4 is 0 Å². The molecule has 18 heavy (non-hydrogen) atoms. The average Bonchev–Trinajstić information content (AvgIpc) is 2.23. The molecule has 4 heteroatoms. The highest BCUT2D eigenvalue weighted by Gasteiger charge is 2.30. The summed E-state index contributed by atoms with van der Waals surface area (Å²) in [7, 11) is 0. The van der Waals surface area contributed by atoms with Crippen molar-refractivity contribution in [1.29, 1.82) is 0 Å². The maximum absolute atomic E-state index is 11.6. The Morgan fingerprint density at radius 1 is 1.22 bits per heavy atom. The minimum absolute atomic E-state index is 0.0260. The van der Waals surface area contributed by atoms with Crippen molar-refractivity contribution in [3.8, 4) is 0 Å². The van der Waals surface area contributed by atoms with Crippen LogP contribution in [0.15, 0.2) is 16.9 Å². The van der Waals surface area contributed by atoms with Crippen molar-refractivity contribution in [2.75, 3.05) is 19.6 Å². The smallest absolute Gasteiger partial charge is 0.266 e. The third-order valence-corrected chi connectivity index (χ3v) is 4.21. The number of nitrogens with zero attached hydrogens (tertiary/aromatic N) is 3. The number of hydrogen-bond acceptors (Lipinski definition) is 3. The van der Waals surface area contributed by atoms with Crippen LogP contribution in [0.5, 0.6) is 0 Å². The normalized spacial score (nSPS) is 21.6. The summed E-state index contributed by atoms with van der Waals surface area (Å²) in [5.74, 6) is 1.56. The van der Waals surface area contributed by atoms with E-state index < -0.39 is 0 Å². The predicted octanol–water partition coefficient (Wildman–Crippen LogP) is 1.28. The van der Waals surface area contributed by atoms with Gasteiger partial charge in [0.15, 0.2) is 0 Å². The van der Waals surface area contributed by atoms with Gasteiger partial charge in [0.1, 0.15) is 0 Å². The Morgan fingerprint density at radius 3 is 2.67 bits per heavy atom. The van der Waals surface area contributed by atoms with E-state index in [1.807, 2.05) is 6.92 Å². The molecule has 2 fully saturated rings. The van der Waals surface area contributed by atoms with Gasteiger partial charge in [-0.1, -0.05) is 6.42 Å². The van der Waals surface area contributed by atoms with Gasteiger partial charge in [-0.2, -0.15) is 5.10 Å². The van der Waals surface area contributed by atoms with Gasteiger partial charge >= 0.3 is 0 Å². The fourth-order valence-corrected chi connectivity index (χ4v) is 2.91. The first-order valence-electron chi connectivity index (χ1n) is 6.98. The molecule has 2 heterocycles. The fraction of sp³-hybridized carbons (Fsp3) is 0.714. The van der Waals surface area contributed by atoms with Crippen LogP contribution in [0, 0.1) is 18.8 Å². The maximum Gasteiger partial charge on any atom is 0.266 e. The van der Waals surface area contributed by atoms with Crippen LogP contribution in [-0.4, -0.2) is 34.3 Å². The highest BCUT2D eigenvalue weighted by molar-refractivity contribution is 4.97. The summed E-state index contributed by atoms with van der Waals surface area (Å²) in [6.07, 6.45) is 4.25. The lowest BCUT2D eigenvalue weighted by Crippen LogP contribution is -2.51. The van der Waals surface area contributed by atoms with E-state index in [1.54, 1.807) is 16.8 Å². The van der Waals surface area contributed by atoms with Gasteiger partial charge in [-0.15, -0.1) is 0 Å². The molecule has 1 aromatic heterocycles. The molecule has 4 nitrogen and oxygen atoms in total. The molecule has 1 saturated carbocycles. The lowest BCUT2D eigenvalue weighted by atomic mass is 9.84. The molecular formula is C14H21N3O. The third-order valence-electron chi connectivity index (χ3n) is 4.21. The van der Waals surface area contributed by atoms with Gasteiger partial charge in [0.2, 0.25) is 0 Å². The number of likely N-dealkylation sites (tertiary alicyclic amines) is 1. The Morgan fingerprint density at radius 2 is 2.00 bits per heavy atom. The second-order valence-corrected chi connectivity index (χ2v) is 5.88. The fourth-order valence-electron chi connectivity index (χ4n) is 2.91. The predicted molar refractivity (Wildman–Crippen MR) is 70.5 cm³/mol. The molecule has 1 aromatic rings. The van der Waals surface area contributed by atoms with Gasteiger partial charge in [-0.3, -0.25) is 4.79 Å². The quantitative estimate of drug-likeness (QED) is 0.804. The molecule has 0 bridgehead atoms. The molecule has 98 valence electrons. The van der Waals surface area contributed by atoms with Gasteiger partial charge in [0, 0.05) is 31.6 Å². The third kappa shape index (κ3) is 2.48. The summed E-state index contributed by atoms with van der Waals surface area (Å²) in [6, 6.07) is 3.40. The van der Waals surface area contributed by atoms with Crippen LogP contribution in [0.1, 0.15) is 25.0 Å². The Hall–Kier alpha value is -1.16. The Bertz CT molecular complexity index is 472. The van der Waals surface area contributed by atoms with Crippen LogP contribution in [0.3, 0.4) is 0 Å². The summed E-state index contributed by atoms with van der Waals surface area (Å²) in [5.41, 5.74) is 0.943. The first kappa shape index (κ1) is 11.9. The zero-order valence-electron chi connectivity index (χ0n) is 11.0. The first-order valence-corrected chi connectivity index (χ1v) is 6.98. The maximum atomic E-state index is 11.6. The Balaban J connectivity index is 1.50. The zero-order valence-corrected chi connectivity index (χ0v) is 11.0. The van der Waals surface area contributed by atoms with Gasteiger partial charge in [-0.05, 0) is 31.7 Å². The number of aryl methyl sites for hydroxylation is 1. The van der Waals surface area contributed by atoms with Crippen molar-refractivity contribution in [2.45, 2.75) is 32.7 Å². The molecule has 0 aromatic carbocycles. The summed E-state index contributed by atoms with van der Waals surface area (Å²) < 4.78 is 1.63. The number of rotatable bonds is 4. The van der Waals surface area contributed by atoms with Crippen LogP contribution in [0.25, 0.3) is 0 Å². The second-order valence-electron chi connectivity index (χ2n) is 5.88. The lowest BCUT2D eigenvalue weighted by molar-refractivity contribution is 0.0520. The van der Waals surface area contributed by atoms with Crippen LogP contribution in [0.4, 0.5) is 0 Å². The van der Waals surface area contributed by atoms with E-state index in [0.29, 0.717) is 5.92 Å². The van der Waals surface area contributed by atoms with E-state index in [1.165, 1.54) is 25.8 Å². The lowest BCUT2D eigenvalue weighted by Gasteiger charge is -2.43. The van der Waals surface area contributed by atoms with Gasteiger partial charge in [-0.25, -0.2) is 4.68 Å². The van der Waals surface area contributed by atoms with E-state index >= 15 is 0 Å². The van der Waals surface area contributed by atoms with Crippen molar-refractivity contribution in [2.24, 2.45) is 11.8 Å². The summed E-state index contributed by atoms with van der Waals surface area (Å²) >= 11 is 0. The van der Waals surface area contributed by atoms with Crippen molar-refractivity contribution in [1.82, 2.24) is 14.7 Å². The molecule has 1 saturated heterocycles. The zero-order chi connectivity index (χ0) is 12.5. The van der Waals surface area contributed by atoms with Crippen molar-refractivity contribution in [3.05, 3.63) is 28.2 Å². The Kier molecular flexibility index (Phi) is 3.20. The summed E-state index contributed by atoms with van der Waals surface area (Å²) in [5, 5.41) is 4.29. The SMILES string of the molecule is Cc1ccc(=O)n(CC2CN(CC3CCC3)C2)n1.